The molecule has 0 spiro atoms. The Bertz CT molecular complexity index is 1910. The minimum atomic E-state index is -4.96. The molecule has 3 unspecified atom stereocenters. The summed E-state index contributed by atoms with van der Waals surface area (Å²) in [6, 6.07) is 0. The lowest BCUT2D eigenvalue weighted by Gasteiger charge is -2.21. The summed E-state index contributed by atoms with van der Waals surface area (Å²) in [6.45, 7) is 9.65. The van der Waals surface area contributed by atoms with Crippen LogP contribution in [0.25, 0.3) is 0 Å². The number of carbonyl (C=O) groups is 4. The van der Waals surface area contributed by atoms with Crippen molar-refractivity contribution in [3.63, 3.8) is 0 Å². The number of phosphoric ester groups is 2. The molecule has 0 fully saturated rings. The van der Waals surface area contributed by atoms with Crippen LogP contribution in [0.4, 0.5) is 0 Å². The van der Waals surface area contributed by atoms with E-state index in [9.17, 15) is 43.2 Å². The molecule has 0 aliphatic rings. The lowest BCUT2D eigenvalue weighted by Crippen LogP contribution is -2.30. The average molecular weight is 1450 g/mol. The summed E-state index contributed by atoms with van der Waals surface area (Å²) in [5, 5.41) is 10.6. The summed E-state index contributed by atoms with van der Waals surface area (Å²) in [6.07, 6.45) is 61.0. The lowest BCUT2D eigenvalue weighted by atomic mass is 9.99. The second kappa shape index (κ2) is 71.7. The van der Waals surface area contributed by atoms with Crippen molar-refractivity contribution >= 4 is 39.5 Å². The normalized spacial score (nSPS) is 14.2. The van der Waals surface area contributed by atoms with Gasteiger partial charge in [-0.3, -0.25) is 37.3 Å². The van der Waals surface area contributed by atoms with Crippen LogP contribution < -0.4 is 0 Å². The zero-order chi connectivity index (χ0) is 72.8. The minimum absolute atomic E-state index is 0.105. The maximum Gasteiger partial charge on any atom is 0.472 e. The van der Waals surface area contributed by atoms with Gasteiger partial charge in [0.1, 0.15) is 19.3 Å². The van der Waals surface area contributed by atoms with Gasteiger partial charge in [-0.15, -0.1) is 0 Å². The van der Waals surface area contributed by atoms with Gasteiger partial charge in [0.15, 0.2) is 12.2 Å². The fraction of sp³-hybridized carbons (Fsp3) is 0.950. The highest BCUT2D eigenvalue weighted by Gasteiger charge is 2.30. The molecule has 0 aliphatic heterocycles. The van der Waals surface area contributed by atoms with Gasteiger partial charge in [0.2, 0.25) is 0 Å². The Morgan fingerprint density at radius 2 is 0.515 bits per heavy atom. The summed E-state index contributed by atoms with van der Waals surface area (Å²) < 4.78 is 68.6. The molecule has 99 heavy (non-hydrogen) atoms. The number of phosphoric acid groups is 2. The molecular weight excluding hydrogens is 1290 g/mol. The van der Waals surface area contributed by atoms with Crippen molar-refractivity contribution < 1.29 is 80.2 Å². The van der Waals surface area contributed by atoms with Gasteiger partial charge in [0, 0.05) is 25.7 Å². The number of aliphatic hydroxyl groups is 1. The van der Waals surface area contributed by atoms with Crippen LogP contribution in [0.3, 0.4) is 0 Å². The number of ether oxygens (including phenoxy) is 4. The lowest BCUT2D eigenvalue weighted by molar-refractivity contribution is -0.161. The Labute approximate surface area is 607 Å². The van der Waals surface area contributed by atoms with E-state index >= 15 is 0 Å². The molecule has 0 aromatic heterocycles. The molecule has 0 aliphatic carbocycles. The fourth-order valence-corrected chi connectivity index (χ4v) is 13.9. The monoisotopic (exact) mass is 1450 g/mol. The SMILES string of the molecule is CCCCCCCCCCCCCCCCCCC(=O)OC[C@H](COP(=O)(O)OC[C@@H](O)COP(=O)(O)OC[C@@H](COC(=O)CCCCCCCCCCCC)OC(=O)CCCCCCCCCCC(C)CC)OC(=O)CCCCCCCCCCCCCCCCCCCCC(C)C. The van der Waals surface area contributed by atoms with Crippen LogP contribution in [0.2, 0.25) is 0 Å². The van der Waals surface area contributed by atoms with Crippen molar-refractivity contribution in [2.75, 3.05) is 39.6 Å². The number of rotatable bonds is 79. The maximum absolute atomic E-state index is 13.1. The van der Waals surface area contributed by atoms with Crippen molar-refractivity contribution in [3.8, 4) is 0 Å². The highest BCUT2D eigenvalue weighted by Crippen LogP contribution is 2.45. The number of aliphatic hydroxyl groups excluding tert-OH is 1. The quantitative estimate of drug-likeness (QED) is 0.0222. The summed E-state index contributed by atoms with van der Waals surface area (Å²) in [4.78, 5) is 72.9. The van der Waals surface area contributed by atoms with E-state index in [1.54, 1.807) is 0 Å². The molecule has 0 rings (SSSR count). The van der Waals surface area contributed by atoms with Crippen molar-refractivity contribution in [1.82, 2.24) is 0 Å². The van der Waals surface area contributed by atoms with Crippen LogP contribution >= 0.6 is 15.6 Å². The first kappa shape index (κ1) is 97.1. The van der Waals surface area contributed by atoms with Gasteiger partial charge in [-0.1, -0.05) is 369 Å². The first-order chi connectivity index (χ1) is 47.9. The van der Waals surface area contributed by atoms with Gasteiger partial charge >= 0.3 is 39.5 Å². The summed E-state index contributed by atoms with van der Waals surface area (Å²) in [5.74, 6) is -0.521. The van der Waals surface area contributed by atoms with Gasteiger partial charge in [-0.25, -0.2) is 9.13 Å². The molecule has 6 atom stereocenters. The summed E-state index contributed by atoms with van der Waals surface area (Å²) in [7, 11) is -9.92. The molecule has 0 saturated carbocycles. The predicted octanol–water partition coefficient (Wildman–Crippen LogP) is 23.9. The number of carbonyl (C=O) groups excluding carboxylic acids is 4. The first-order valence-corrected chi connectivity index (χ1v) is 44.5. The van der Waals surface area contributed by atoms with Crippen LogP contribution in [-0.2, 0) is 65.4 Å². The highest BCUT2D eigenvalue weighted by molar-refractivity contribution is 7.47. The average Bonchev–Trinajstić information content (AvgIpc) is 1.05. The van der Waals surface area contributed by atoms with Crippen molar-refractivity contribution in [2.45, 2.75) is 439 Å². The fourth-order valence-electron chi connectivity index (χ4n) is 12.3. The molecule has 17 nitrogen and oxygen atoms in total. The van der Waals surface area contributed by atoms with E-state index in [0.717, 1.165) is 102 Å². The Kier molecular flexibility index (Phi) is 70.3. The van der Waals surface area contributed by atoms with E-state index in [4.69, 9.17) is 37.0 Å². The minimum Gasteiger partial charge on any atom is -0.462 e. The first-order valence-electron chi connectivity index (χ1n) is 41.5. The van der Waals surface area contributed by atoms with E-state index in [2.05, 4.69) is 41.5 Å². The largest absolute Gasteiger partial charge is 0.472 e. The molecule has 0 heterocycles. The van der Waals surface area contributed by atoms with E-state index in [1.165, 1.54) is 238 Å². The van der Waals surface area contributed by atoms with Crippen LogP contribution in [0.15, 0.2) is 0 Å². The molecular formula is C80H156O17P2. The molecule has 0 radical (unpaired) electrons. The molecule has 3 N–H and O–H groups in total. The smallest absolute Gasteiger partial charge is 0.462 e. The Balaban J connectivity index is 5.22. The Morgan fingerprint density at radius 3 is 0.768 bits per heavy atom. The van der Waals surface area contributed by atoms with Crippen LogP contribution in [0.5, 0.6) is 0 Å². The van der Waals surface area contributed by atoms with Crippen molar-refractivity contribution in [2.24, 2.45) is 11.8 Å². The molecule has 0 bridgehead atoms. The van der Waals surface area contributed by atoms with Crippen LogP contribution in [0.1, 0.15) is 420 Å². The zero-order valence-corrected chi connectivity index (χ0v) is 66.6. The molecule has 0 aromatic rings. The Hall–Kier alpha value is -1.94. The second-order valence-corrected chi connectivity index (χ2v) is 32.4. The summed E-state index contributed by atoms with van der Waals surface area (Å²) >= 11 is 0. The van der Waals surface area contributed by atoms with Crippen molar-refractivity contribution in [3.05, 3.63) is 0 Å². The van der Waals surface area contributed by atoms with Crippen LogP contribution in [0, 0.1) is 11.8 Å². The molecule has 0 aromatic carbocycles. The third-order valence-corrected chi connectivity index (χ3v) is 21.0. The molecule has 588 valence electrons. The van der Waals surface area contributed by atoms with Crippen molar-refractivity contribution in [1.29, 1.82) is 0 Å². The van der Waals surface area contributed by atoms with Gasteiger partial charge in [0.05, 0.1) is 26.4 Å². The number of esters is 4. The Morgan fingerprint density at radius 1 is 0.293 bits per heavy atom. The van der Waals surface area contributed by atoms with Gasteiger partial charge in [-0.2, -0.15) is 0 Å². The second-order valence-electron chi connectivity index (χ2n) is 29.5. The molecule has 0 saturated heterocycles. The topological polar surface area (TPSA) is 237 Å². The molecule has 19 heteroatoms. The third-order valence-electron chi connectivity index (χ3n) is 19.1. The van der Waals surface area contributed by atoms with E-state index < -0.39 is 97.5 Å². The maximum atomic E-state index is 13.1. The predicted molar refractivity (Wildman–Crippen MR) is 405 cm³/mol. The number of hydrogen-bond acceptors (Lipinski definition) is 15. The number of hydrogen-bond donors (Lipinski definition) is 3. The van der Waals surface area contributed by atoms with Gasteiger partial charge in [-0.05, 0) is 37.5 Å². The van der Waals surface area contributed by atoms with E-state index in [0.29, 0.717) is 25.7 Å². The highest BCUT2D eigenvalue weighted by atomic mass is 31.2. The zero-order valence-electron chi connectivity index (χ0n) is 64.8. The van der Waals surface area contributed by atoms with E-state index in [-0.39, 0.29) is 25.7 Å². The number of unbranched alkanes of at least 4 members (excludes halogenated alkanes) is 48. The molecule has 0 amide bonds. The summed E-state index contributed by atoms with van der Waals surface area (Å²) in [5.41, 5.74) is 0. The third kappa shape index (κ3) is 72.8. The van der Waals surface area contributed by atoms with E-state index in [1.807, 2.05) is 0 Å². The standard InChI is InChI=1S/C80H156O17P2/c1-7-10-12-14-16-18-20-21-22-28-31-34-38-45-51-57-63-78(83)91-68-75(96-79(84)64-58-52-46-39-35-32-29-26-24-23-25-27-30-33-36-42-48-54-60-72(4)5)70-94-98(86,87)92-66-74(81)67-93-99(88,89)95-71-76(69-90-77(82)62-56-50-44-37-19-17-15-13-11-8-2)97-80(85)65-59-53-47-41-40-43-49-55-61-73(6)9-3/h72-76,81H,7-71H2,1-6H3,(H,86,87)(H,88,89)/t73?,74-,75-,76-/m1/s1. The van der Waals surface area contributed by atoms with Gasteiger partial charge in [0.25, 0.3) is 0 Å². The van der Waals surface area contributed by atoms with Gasteiger partial charge < -0.3 is 33.8 Å². The van der Waals surface area contributed by atoms with Crippen LogP contribution in [-0.4, -0.2) is 96.7 Å².